The fraction of sp³-hybridized carbons (Fsp3) is 0.333. The molecule has 0 radical (unpaired) electrons. The maximum atomic E-state index is 11.6. The summed E-state index contributed by atoms with van der Waals surface area (Å²) in [5, 5.41) is 0. The van der Waals surface area contributed by atoms with Gasteiger partial charge in [-0.05, 0) is 36.1 Å². The van der Waals surface area contributed by atoms with Crippen LogP contribution in [0.3, 0.4) is 0 Å². The van der Waals surface area contributed by atoms with Gasteiger partial charge in [0, 0.05) is 0 Å². The van der Waals surface area contributed by atoms with Gasteiger partial charge in [-0.2, -0.15) is 8.42 Å². The normalized spacial score (nSPS) is 11.5. The first kappa shape index (κ1) is 18.4. The van der Waals surface area contributed by atoms with E-state index < -0.39 is 10.1 Å². The SMILES string of the molecule is CCc1c(C)ccc(S(=O)(=O)O)c1OCCOCc1ccccc1. The van der Waals surface area contributed by atoms with Crippen molar-refractivity contribution >= 4 is 10.1 Å². The molecule has 0 bridgehead atoms. The molecule has 2 aromatic rings. The third-order valence-corrected chi connectivity index (χ3v) is 4.55. The molecule has 0 aliphatic heterocycles. The number of aryl methyl sites for hydroxylation is 1. The van der Waals surface area contributed by atoms with Crippen LogP contribution in [0.25, 0.3) is 0 Å². The molecule has 0 amide bonds. The van der Waals surface area contributed by atoms with Crippen LogP contribution in [0, 0.1) is 6.92 Å². The highest BCUT2D eigenvalue weighted by molar-refractivity contribution is 7.86. The Kier molecular flexibility index (Phi) is 6.36. The fourth-order valence-corrected chi connectivity index (χ4v) is 3.13. The van der Waals surface area contributed by atoms with Crippen LogP contribution in [0.2, 0.25) is 0 Å². The molecule has 130 valence electrons. The molecule has 0 aliphatic rings. The van der Waals surface area contributed by atoms with Crippen molar-refractivity contribution in [2.45, 2.75) is 31.8 Å². The maximum absolute atomic E-state index is 11.6. The quantitative estimate of drug-likeness (QED) is 0.583. The molecule has 2 rings (SSSR count). The van der Waals surface area contributed by atoms with E-state index in [1.54, 1.807) is 6.07 Å². The zero-order valence-corrected chi connectivity index (χ0v) is 14.7. The van der Waals surface area contributed by atoms with Gasteiger partial charge in [0.15, 0.2) is 0 Å². The van der Waals surface area contributed by atoms with Crippen LogP contribution in [0.5, 0.6) is 5.75 Å². The Hall–Kier alpha value is -1.89. The topological polar surface area (TPSA) is 72.8 Å². The standard InChI is InChI=1S/C18H22O5S/c1-3-16-14(2)9-10-17(24(19,20)21)18(16)23-12-11-22-13-15-7-5-4-6-8-15/h4-10H,3,11-13H2,1-2H3,(H,19,20,21). The van der Waals surface area contributed by atoms with Crippen LogP contribution in [0.1, 0.15) is 23.6 Å². The Bertz CT molecular complexity index is 769. The lowest BCUT2D eigenvalue weighted by Gasteiger charge is -2.16. The van der Waals surface area contributed by atoms with Gasteiger partial charge in [0.05, 0.1) is 13.2 Å². The van der Waals surface area contributed by atoms with E-state index in [-0.39, 0.29) is 17.3 Å². The highest BCUT2D eigenvalue weighted by atomic mass is 32.2. The predicted octanol–water partition coefficient (Wildman–Crippen LogP) is 3.40. The van der Waals surface area contributed by atoms with E-state index in [9.17, 15) is 13.0 Å². The van der Waals surface area contributed by atoms with E-state index in [0.29, 0.717) is 19.6 Å². The van der Waals surface area contributed by atoms with Crippen molar-refractivity contribution in [3.63, 3.8) is 0 Å². The maximum Gasteiger partial charge on any atom is 0.298 e. The summed E-state index contributed by atoms with van der Waals surface area (Å²) in [6.07, 6.45) is 0.607. The van der Waals surface area contributed by atoms with Gasteiger partial charge in [0.1, 0.15) is 17.3 Å². The van der Waals surface area contributed by atoms with Gasteiger partial charge in [0.2, 0.25) is 0 Å². The summed E-state index contributed by atoms with van der Waals surface area (Å²) in [6.45, 7) is 4.77. The third kappa shape index (κ3) is 4.80. The molecule has 5 nitrogen and oxygen atoms in total. The third-order valence-electron chi connectivity index (χ3n) is 3.68. The largest absolute Gasteiger partial charge is 0.489 e. The Morgan fingerprint density at radius 3 is 2.38 bits per heavy atom. The zero-order chi connectivity index (χ0) is 17.6. The molecule has 0 heterocycles. The lowest BCUT2D eigenvalue weighted by Crippen LogP contribution is -2.12. The average molecular weight is 350 g/mol. The second-order valence-corrected chi connectivity index (χ2v) is 6.79. The summed E-state index contributed by atoms with van der Waals surface area (Å²) in [7, 11) is -4.33. The number of hydrogen-bond donors (Lipinski definition) is 1. The van der Waals surface area contributed by atoms with E-state index in [4.69, 9.17) is 9.47 Å². The molecule has 2 aromatic carbocycles. The Morgan fingerprint density at radius 1 is 1.04 bits per heavy atom. The van der Waals surface area contributed by atoms with E-state index in [0.717, 1.165) is 16.7 Å². The summed E-state index contributed by atoms with van der Waals surface area (Å²) >= 11 is 0. The molecule has 0 saturated heterocycles. The molecular formula is C18H22O5S. The first-order valence-corrected chi connectivity index (χ1v) is 9.22. The van der Waals surface area contributed by atoms with Gasteiger partial charge < -0.3 is 9.47 Å². The number of ether oxygens (including phenoxy) is 2. The van der Waals surface area contributed by atoms with Crippen molar-refractivity contribution in [2.75, 3.05) is 13.2 Å². The molecule has 0 saturated carbocycles. The molecule has 1 N–H and O–H groups in total. The van der Waals surface area contributed by atoms with E-state index in [1.165, 1.54) is 6.07 Å². The van der Waals surface area contributed by atoms with Crippen molar-refractivity contribution in [1.29, 1.82) is 0 Å². The highest BCUT2D eigenvalue weighted by Gasteiger charge is 2.20. The number of rotatable bonds is 8. The number of hydrogen-bond acceptors (Lipinski definition) is 4. The van der Waals surface area contributed by atoms with Gasteiger partial charge in [-0.25, -0.2) is 0 Å². The van der Waals surface area contributed by atoms with Crippen molar-refractivity contribution in [3.05, 3.63) is 59.2 Å². The second kappa shape index (κ2) is 8.28. The smallest absolute Gasteiger partial charge is 0.298 e. The summed E-state index contributed by atoms with van der Waals surface area (Å²) in [5.41, 5.74) is 2.75. The summed E-state index contributed by atoms with van der Waals surface area (Å²) < 4.78 is 43.7. The summed E-state index contributed by atoms with van der Waals surface area (Å²) in [4.78, 5) is -0.201. The molecule has 0 atom stereocenters. The van der Waals surface area contributed by atoms with Crippen LogP contribution in [0.4, 0.5) is 0 Å². The molecule has 0 spiro atoms. The Labute approximate surface area is 143 Å². The molecular weight excluding hydrogens is 328 g/mol. The van der Waals surface area contributed by atoms with Crippen molar-refractivity contribution in [2.24, 2.45) is 0 Å². The first-order valence-electron chi connectivity index (χ1n) is 7.78. The minimum Gasteiger partial charge on any atom is -0.489 e. The minimum absolute atomic E-state index is 0.200. The Morgan fingerprint density at radius 2 is 1.75 bits per heavy atom. The lowest BCUT2D eigenvalue weighted by molar-refractivity contribution is 0.0876. The van der Waals surface area contributed by atoms with Gasteiger partial charge in [0.25, 0.3) is 10.1 Å². The fourth-order valence-electron chi connectivity index (χ4n) is 2.47. The zero-order valence-electron chi connectivity index (χ0n) is 13.9. The van der Waals surface area contributed by atoms with E-state index in [2.05, 4.69) is 0 Å². The lowest BCUT2D eigenvalue weighted by atomic mass is 10.1. The molecule has 24 heavy (non-hydrogen) atoms. The molecule has 6 heteroatoms. The van der Waals surface area contributed by atoms with Crippen LogP contribution in [-0.4, -0.2) is 26.2 Å². The number of benzene rings is 2. The molecule has 0 unspecified atom stereocenters. The van der Waals surface area contributed by atoms with Gasteiger partial charge in [-0.3, -0.25) is 4.55 Å². The monoisotopic (exact) mass is 350 g/mol. The van der Waals surface area contributed by atoms with Crippen LogP contribution < -0.4 is 4.74 Å². The van der Waals surface area contributed by atoms with Crippen molar-refractivity contribution in [3.8, 4) is 5.75 Å². The predicted molar refractivity (Wildman–Crippen MR) is 92.0 cm³/mol. The van der Waals surface area contributed by atoms with Crippen LogP contribution in [0.15, 0.2) is 47.4 Å². The Balaban J connectivity index is 2.02. The highest BCUT2D eigenvalue weighted by Crippen LogP contribution is 2.31. The summed E-state index contributed by atoms with van der Waals surface area (Å²) in [5.74, 6) is 0.211. The van der Waals surface area contributed by atoms with Crippen LogP contribution >= 0.6 is 0 Å². The molecule has 0 aliphatic carbocycles. The van der Waals surface area contributed by atoms with Gasteiger partial charge in [-0.15, -0.1) is 0 Å². The molecule has 0 fully saturated rings. The molecule has 0 aromatic heterocycles. The second-order valence-electron chi connectivity index (χ2n) is 5.40. The van der Waals surface area contributed by atoms with E-state index in [1.807, 2.05) is 44.2 Å². The first-order chi connectivity index (χ1) is 11.4. The van der Waals surface area contributed by atoms with Crippen molar-refractivity contribution < 1.29 is 22.4 Å². The van der Waals surface area contributed by atoms with Gasteiger partial charge in [-0.1, -0.05) is 43.3 Å². The minimum atomic E-state index is -4.33. The van der Waals surface area contributed by atoms with Gasteiger partial charge >= 0.3 is 0 Å². The van der Waals surface area contributed by atoms with E-state index >= 15 is 0 Å². The van der Waals surface area contributed by atoms with Crippen molar-refractivity contribution in [1.82, 2.24) is 0 Å². The average Bonchev–Trinajstić information content (AvgIpc) is 2.54. The summed E-state index contributed by atoms with van der Waals surface area (Å²) in [6, 6.07) is 12.8. The van der Waals surface area contributed by atoms with Crippen LogP contribution in [-0.2, 0) is 27.9 Å².